The van der Waals surface area contributed by atoms with Crippen LogP contribution in [-0.2, 0) is 53.5 Å². The zero-order valence-corrected chi connectivity index (χ0v) is 82.8. The lowest BCUT2D eigenvalue weighted by molar-refractivity contribution is -0.436. The lowest BCUT2D eigenvalue weighted by atomic mass is 9.76. The van der Waals surface area contributed by atoms with Crippen LogP contribution < -0.4 is 53.4 Å². The minimum atomic E-state index is -0.482. The molecule has 10 aromatic rings. The largest absolute Gasteiger partial charge is 1.00 e. The van der Waals surface area contributed by atoms with Gasteiger partial charge in [0.2, 0.25) is 34.4 Å². The molecule has 6 heterocycles. The Morgan fingerprint density at radius 1 is 0.378 bits per heavy atom. The van der Waals surface area contributed by atoms with Gasteiger partial charge in [-0.05, 0) is 169 Å². The normalized spacial score (nSPS) is 19.6. The van der Waals surface area contributed by atoms with Gasteiger partial charge < -0.3 is 73.8 Å². The number of hydrogen-bond donors (Lipinski definition) is 4. The van der Waals surface area contributed by atoms with E-state index in [2.05, 4.69) is 284 Å². The zero-order valence-electron chi connectivity index (χ0n) is 79.6. The van der Waals surface area contributed by atoms with Crippen molar-refractivity contribution < 1.29 is 87.2 Å². The van der Waals surface area contributed by atoms with Crippen LogP contribution in [0.25, 0.3) is 43.1 Å². The molecule has 19 rings (SSSR count). The van der Waals surface area contributed by atoms with E-state index < -0.39 is 10.8 Å². The van der Waals surface area contributed by atoms with Gasteiger partial charge in [-0.15, -0.1) is 45.2 Å². The molecule has 686 valence electrons. The van der Waals surface area contributed by atoms with Crippen LogP contribution in [0.5, 0.6) is 5.75 Å². The second-order valence-electron chi connectivity index (χ2n) is 38.9. The molecule has 3 aliphatic carbocycles. The van der Waals surface area contributed by atoms with E-state index in [0.717, 1.165) is 146 Å². The molecule has 0 fully saturated rings. The van der Waals surface area contributed by atoms with Crippen molar-refractivity contribution in [3.05, 3.63) is 388 Å². The van der Waals surface area contributed by atoms with E-state index in [-0.39, 0.29) is 96.9 Å². The lowest BCUT2D eigenvalue weighted by Crippen LogP contribution is -3.00. The van der Waals surface area contributed by atoms with Gasteiger partial charge in [-0.1, -0.05) is 199 Å². The highest BCUT2D eigenvalue weighted by Gasteiger charge is 2.53. The first-order valence-electron chi connectivity index (χ1n) is 46.3. The molecule has 4 N–H and O–H groups in total. The van der Waals surface area contributed by atoms with Gasteiger partial charge in [-0.3, -0.25) is 14.4 Å². The number of ketones is 3. The van der Waals surface area contributed by atoms with Crippen molar-refractivity contribution >= 4 is 112 Å². The first kappa shape index (κ1) is 96.3. The number of methoxy groups -OCH3 is 1. The fourth-order valence-corrected chi connectivity index (χ4v) is 22.2. The van der Waals surface area contributed by atoms with Crippen molar-refractivity contribution in [2.75, 3.05) is 61.1 Å². The number of anilines is 3. The standard InChI is InChI=1S/C44H44N2O4.C42H40N2O2.C33H32N2O2.2BrH/c1-8-10-22-45-34-20-18-28-27(26-47)14-12-15-30(28)39(34)43(3,4)37(45)24-32-41(48)33(42(32)49)25-38-44(5,6)40-31-16-13-17-36(50-7)29(31)19-21-35(40)46(38)23-11-9-2;1-7-9-23-43-33-21-19-27-15-11-13-17-29(27)37(33)41(3,4)35(43)25-31-39(45)32(40(31)46)26-36-42(5,6)38-30-18-14-12-16-28(30)20-22-34(38)44(36)24-10-8-2;1-7-9-19-35-27-17-13-11-15-25(27)33(5,6)29(35)21-23-30(36)22(31(23)37)20-28-32(3,4)24-14-10-12-16-26(24)34(28)18-8-2;;/h8-9,12-21,24-25,47H,1-2,10-11,22-23,26H2,3-7H3;7-8,11-22,25-26H,1-2,9-10,23-24H2,3-6H3;1,8,10-17,20-21H,2,9,18-19H2,3-6H3;2*1H/p+1. The highest BCUT2D eigenvalue weighted by Crippen LogP contribution is 2.57. The number of aliphatic hydroxyl groups is 4. The second kappa shape index (κ2) is 37.2. The molecule has 0 aromatic heterocycles. The van der Waals surface area contributed by atoms with Crippen LogP contribution in [0.2, 0.25) is 0 Å². The molecule has 9 aliphatic rings. The Balaban J connectivity index is 0.000000155. The summed E-state index contributed by atoms with van der Waals surface area (Å²) in [6.07, 6.45) is 30.1. The van der Waals surface area contributed by atoms with Crippen LogP contribution in [0.3, 0.4) is 0 Å². The van der Waals surface area contributed by atoms with Crippen molar-refractivity contribution in [1.29, 1.82) is 0 Å². The van der Waals surface area contributed by atoms with Crippen LogP contribution >= 0.6 is 0 Å². The molecule has 0 atom stereocenters. The van der Waals surface area contributed by atoms with Crippen molar-refractivity contribution in [2.45, 2.75) is 154 Å². The average Bonchev–Trinajstić information content (AvgIpc) is 1.56. The van der Waals surface area contributed by atoms with E-state index in [1.807, 2.05) is 115 Å². The molecule has 0 unspecified atom stereocenters. The number of hydrogen-bond acceptors (Lipinski definition) is 11. The number of carbonyl (C=O) groups excluding carboxylic acids is 3. The molecule has 0 radical (unpaired) electrons. The Morgan fingerprint density at radius 3 is 1.28 bits per heavy atom. The predicted octanol–water partition coefficient (Wildman–Crippen LogP) is 18.8. The molecule has 0 amide bonds. The fourth-order valence-electron chi connectivity index (χ4n) is 22.2. The van der Waals surface area contributed by atoms with Gasteiger partial charge in [0.15, 0.2) is 36.8 Å². The minimum Gasteiger partial charge on any atom is -1.00 e. The number of carbonyl (C=O) groups is 3. The monoisotopic (exact) mass is 1920 g/mol. The third-order valence-electron chi connectivity index (χ3n) is 29.0. The van der Waals surface area contributed by atoms with Gasteiger partial charge in [0.1, 0.15) is 23.0 Å². The number of fused-ring (bicyclic) bond motifs is 14. The van der Waals surface area contributed by atoms with Crippen molar-refractivity contribution in [3.63, 3.8) is 0 Å². The van der Waals surface area contributed by atoms with E-state index in [1.165, 1.54) is 49.4 Å². The quantitative estimate of drug-likeness (QED) is 0.0197. The van der Waals surface area contributed by atoms with Crippen LogP contribution in [0.1, 0.15) is 154 Å². The number of halogens is 2. The van der Waals surface area contributed by atoms with Gasteiger partial charge >= 0.3 is 0 Å². The van der Waals surface area contributed by atoms with Crippen LogP contribution in [0, 0.1) is 12.3 Å². The molecule has 135 heavy (non-hydrogen) atoms. The number of rotatable bonds is 24. The van der Waals surface area contributed by atoms with Gasteiger partial charge in [0.05, 0.1) is 69.8 Å². The number of benzene rings is 10. The Morgan fingerprint density at radius 2 is 0.785 bits per heavy atom. The molecule has 6 aliphatic heterocycles. The van der Waals surface area contributed by atoms with Crippen LogP contribution in [0.15, 0.2) is 350 Å². The molecule has 14 nitrogen and oxygen atoms in total. The van der Waals surface area contributed by atoms with Crippen LogP contribution in [0.4, 0.5) is 34.1 Å². The maximum absolute atomic E-state index is 14.1. The van der Waals surface area contributed by atoms with Crippen molar-refractivity contribution in [2.24, 2.45) is 0 Å². The van der Waals surface area contributed by atoms with E-state index in [4.69, 9.17) is 11.2 Å². The van der Waals surface area contributed by atoms with E-state index in [1.54, 1.807) is 7.11 Å². The molecule has 16 heteroatoms. The second-order valence-corrected chi connectivity index (χ2v) is 38.9. The fraction of sp³-hybridized carbons (Fsp3) is 0.261. The number of terminal acetylenes is 1. The Kier molecular flexibility index (Phi) is 26.5. The maximum atomic E-state index is 14.1. The summed E-state index contributed by atoms with van der Waals surface area (Å²) >= 11 is 0. The molecule has 0 spiro atoms. The summed E-state index contributed by atoms with van der Waals surface area (Å²) in [7, 11) is 1.69. The smallest absolute Gasteiger partial charge is 0.210 e. The lowest BCUT2D eigenvalue weighted by Gasteiger charge is -2.29. The number of ether oxygens (including phenoxy) is 1. The molecular weight excluding hydrogens is 1800 g/mol. The van der Waals surface area contributed by atoms with Crippen molar-refractivity contribution in [3.8, 4) is 18.1 Å². The average molecular weight is 1920 g/mol. The Bertz CT molecular complexity index is 7240. The molecule has 0 saturated carbocycles. The molecule has 0 bridgehead atoms. The maximum Gasteiger partial charge on any atom is 0.210 e. The number of allylic oxidation sites excluding steroid dienone is 15. The molecule has 0 saturated heterocycles. The van der Waals surface area contributed by atoms with E-state index >= 15 is 0 Å². The summed E-state index contributed by atoms with van der Waals surface area (Å²) in [4.78, 5) is 48.2. The Labute approximate surface area is 815 Å². The summed E-state index contributed by atoms with van der Waals surface area (Å²) in [6, 6.07) is 62.7. The van der Waals surface area contributed by atoms with E-state index in [9.17, 15) is 34.8 Å². The van der Waals surface area contributed by atoms with Gasteiger partial charge in [-0.2, -0.15) is 13.7 Å². The van der Waals surface area contributed by atoms with Crippen LogP contribution in [-0.4, -0.2) is 115 Å². The summed E-state index contributed by atoms with van der Waals surface area (Å²) in [5, 5.41) is 53.5. The van der Waals surface area contributed by atoms with Gasteiger partial charge in [-0.25, -0.2) is 0 Å². The number of Topliss-reactive ketones (excluding diaryl/α,β-unsaturated/α-hetero) is 3. The predicted molar refractivity (Wildman–Crippen MR) is 546 cm³/mol. The summed E-state index contributed by atoms with van der Waals surface area (Å²) in [6.45, 7) is 50.0. The Hall–Kier alpha value is -13.3. The third kappa shape index (κ3) is 15.6. The highest BCUT2D eigenvalue weighted by atomic mass is 79.9. The van der Waals surface area contributed by atoms with Gasteiger partial charge in [0.25, 0.3) is 0 Å². The molecule has 10 aromatic carbocycles. The first-order chi connectivity index (χ1) is 63.7. The topological polar surface area (TPSA) is 160 Å². The number of aliphatic hydroxyl groups excluding tert-OH is 4. The van der Waals surface area contributed by atoms with Gasteiger partial charge in [0, 0.05) is 141 Å². The summed E-state index contributed by atoms with van der Waals surface area (Å²) < 4.78 is 12.4. The summed E-state index contributed by atoms with van der Waals surface area (Å²) in [5.41, 5.74) is 20.3. The SMILES string of the molecule is C#CCC[N+]1=C(C=C2C(=O)C(C=C3N(CC=C)c4ccccc4C3(C)C)=C2O)C(C)(C)c2ccccc21.C=CCCN1/C(=C/C2=C(O)C(=C/C3=[N+](CCC=C)c4ccc5c(OC)cccc5c4C3(C)C)/C2=O)C(C)(C)c2c1ccc1c(CO)cccc21.C=CCCN1/C(=C/C2=C(O)C(=C/C3=[N+](CCC=C)c4ccc5ccccc5c4C3(C)C)/C2=O)C(C)(C)c2c1ccc1ccccc21.[Br-].[Br-]. The number of para-hydroxylation sites is 2. The first-order valence-corrected chi connectivity index (χ1v) is 46.3. The number of nitrogens with zero attached hydrogens (tertiary/aromatic N) is 6. The summed E-state index contributed by atoms with van der Waals surface area (Å²) in [5.74, 6) is 3.21. The van der Waals surface area contributed by atoms with E-state index in [0.29, 0.717) is 66.0 Å². The van der Waals surface area contributed by atoms with Crippen molar-refractivity contribution in [1.82, 2.24) is 0 Å². The molecular formula is C119H119Br2N6O8+. The zero-order chi connectivity index (χ0) is 94.4. The minimum absolute atomic E-state index is 0. The highest BCUT2D eigenvalue weighted by molar-refractivity contribution is 6.27. The third-order valence-corrected chi connectivity index (χ3v) is 29.0.